The number of alkyl carbamates (subject to hydrolysis) is 3. The summed E-state index contributed by atoms with van der Waals surface area (Å²) >= 11 is 0. The number of aromatic nitrogens is 12. The number of rotatable bonds is 26. The number of benzene rings is 3. The Morgan fingerprint density at radius 2 is 0.847 bits per heavy atom. The lowest BCUT2D eigenvalue weighted by molar-refractivity contribution is -0.146. The van der Waals surface area contributed by atoms with E-state index in [9.17, 15) is 43.2 Å². The van der Waals surface area contributed by atoms with Crippen LogP contribution in [-0.2, 0) is 61.8 Å². The second-order valence-electron chi connectivity index (χ2n) is 27.0. The number of hydrogen-bond donors (Lipinski definition) is 12. The number of anilines is 3. The van der Waals surface area contributed by atoms with Gasteiger partial charge in [-0.2, -0.15) is 0 Å². The van der Waals surface area contributed by atoms with E-state index in [4.69, 9.17) is 58.0 Å². The molecule has 9 aromatic rings. The van der Waals surface area contributed by atoms with E-state index < -0.39 is 136 Å². The molecule has 6 aromatic heterocycles. The van der Waals surface area contributed by atoms with Crippen molar-refractivity contribution < 1.29 is 106 Å². The Balaban J connectivity index is 0.000000154. The molecule has 15 atom stereocenters. The number of nitrogens with zero attached hydrogens (tertiary/aromatic N) is 12. The number of aliphatic carboxylic acids is 3. The molecule has 0 spiro atoms. The lowest BCUT2D eigenvalue weighted by Gasteiger charge is -2.21. The third kappa shape index (κ3) is 20.2. The maximum atomic E-state index is 12.1. The topological polar surface area (TPSA) is 546 Å². The maximum absolute atomic E-state index is 12.1. The number of urea groups is 3. The first-order valence-corrected chi connectivity index (χ1v) is 37.4. The van der Waals surface area contributed by atoms with Crippen LogP contribution < -0.4 is 47.9 Å². The number of amides is 9. The number of hydrogen-bond acceptors (Lipinski definition) is 28. The highest BCUT2D eigenvalue weighted by Gasteiger charge is 2.56. The number of ether oxygens (including phenoxy) is 10. The molecular weight excluding hydrogens is 1550 g/mol. The van der Waals surface area contributed by atoms with Crippen LogP contribution in [0.3, 0.4) is 0 Å². The van der Waals surface area contributed by atoms with Crippen LogP contribution in [0.1, 0.15) is 74.9 Å². The van der Waals surface area contributed by atoms with Gasteiger partial charge in [0.05, 0.1) is 49.9 Å². The molecule has 2 saturated carbocycles. The highest BCUT2D eigenvalue weighted by molar-refractivity contribution is 5.98. The molecule has 12 N–H and O–H groups in total. The molecule has 6 fully saturated rings. The van der Waals surface area contributed by atoms with E-state index in [1.54, 1.807) is 24.1 Å². The second kappa shape index (κ2) is 38.8. The summed E-state index contributed by atoms with van der Waals surface area (Å²) in [4.78, 5) is 143. The lowest BCUT2D eigenvalue weighted by atomic mass is 10.1. The van der Waals surface area contributed by atoms with Crippen LogP contribution >= 0.6 is 0 Å². The molecule has 118 heavy (non-hydrogen) atoms. The molecule has 15 rings (SSSR count). The zero-order valence-corrected chi connectivity index (χ0v) is 63.3. The Hall–Kier alpha value is -13.5. The van der Waals surface area contributed by atoms with Gasteiger partial charge >= 0.3 is 54.3 Å². The predicted molar refractivity (Wildman–Crippen MR) is 410 cm³/mol. The van der Waals surface area contributed by atoms with Crippen molar-refractivity contribution in [2.75, 3.05) is 75.0 Å². The van der Waals surface area contributed by atoms with Gasteiger partial charge in [-0.05, 0) is 56.9 Å². The van der Waals surface area contributed by atoms with Crippen LogP contribution in [0, 0.1) is 11.8 Å². The fraction of sp³-hybridized carbons (Fsp3) is 0.387. The number of carboxylic acid groups (broad SMARTS) is 3. The number of carboxylic acids is 3. The molecule has 3 aromatic carbocycles. The Bertz CT molecular complexity index is 4890. The number of nitrogens with one attached hydrogen (secondary N) is 9. The molecule has 2 aliphatic carbocycles. The van der Waals surface area contributed by atoms with Crippen molar-refractivity contribution in [3.8, 4) is 0 Å². The molecule has 4 aliphatic heterocycles. The SMILES string of the molecule is CCNC(=O)Nc1ncnc2c1ncn2C1CC(CNC(=O)OCC(=O)O)C2O[C@H](/C=C/c3ccccc3)OC21.CCNC(=O)Nc1ncnc2c1ncn2C1CC(COC(=O)NCC(=O)O)C2O[C@H](/C=C/c3ccccc3)OC21.CCNC(=O)Nc1ncnc2c1ncn2C1OC(CNC(=O)OCC(=O)O)C2O[C@H](c3ccccc3)OC21. The minimum Gasteiger partial charge on any atom is -0.480 e. The Kier molecular flexibility index (Phi) is 27.1. The molecule has 10 heterocycles. The van der Waals surface area contributed by atoms with E-state index in [0.717, 1.165) is 16.7 Å². The Labute approximate surface area is 669 Å². The van der Waals surface area contributed by atoms with E-state index in [1.807, 2.05) is 138 Å². The molecular formula is C75H83N21O22. The van der Waals surface area contributed by atoms with Gasteiger partial charge in [0.25, 0.3) is 0 Å². The van der Waals surface area contributed by atoms with Gasteiger partial charge in [-0.15, -0.1) is 0 Å². The summed E-state index contributed by atoms with van der Waals surface area (Å²) in [6.45, 7) is 4.85. The minimum atomic E-state index is -1.27. The minimum absolute atomic E-state index is 0.00674. The summed E-state index contributed by atoms with van der Waals surface area (Å²) in [5.41, 5.74) is 5.36. The summed E-state index contributed by atoms with van der Waals surface area (Å²) in [5.74, 6) is -3.37. The number of imidazole rings is 3. The molecule has 43 heteroatoms. The van der Waals surface area contributed by atoms with Crippen molar-refractivity contribution in [1.82, 2.24) is 90.5 Å². The van der Waals surface area contributed by atoms with Crippen LogP contribution in [0.25, 0.3) is 45.6 Å². The normalized spacial score (nSPS) is 23.8. The van der Waals surface area contributed by atoms with Crippen molar-refractivity contribution >= 4 is 117 Å². The van der Waals surface area contributed by atoms with Crippen LogP contribution in [-0.4, -0.2) is 243 Å². The summed E-state index contributed by atoms with van der Waals surface area (Å²) in [6.07, 6.45) is 8.46. The molecule has 0 radical (unpaired) electrons. The van der Waals surface area contributed by atoms with Gasteiger partial charge in [0, 0.05) is 50.1 Å². The van der Waals surface area contributed by atoms with Crippen molar-refractivity contribution in [2.24, 2.45) is 11.8 Å². The Morgan fingerprint density at radius 1 is 0.432 bits per heavy atom. The number of fused-ring (bicyclic) bond motifs is 6. The molecule has 4 saturated heterocycles. The standard InChI is InChI=1S/2C26H29N7O7.C23H25N7O8/c1-2-27-25(36)32-23-20-24(30-13-29-23)33(14-31-20)17-10-16(12-38-26(37)28-11-18(34)35)21-22(17)40-19(39-21)9-8-15-6-4-3-5-7-15;1-2-27-25(36)32-23-20-24(30-13-29-23)33(14-31-20)17-10-16(11-28-26(37)38-12-18(34)35)21-22(17)40-19(39-21)9-8-15-6-4-3-5-7-15;1-2-24-22(33)29-18-15-19(27-10-26-18)30(11-28-15)20-17-16(37-21(38-17)12-6-4-3-5-7-12)13(36-20)8-25-23(34)35-9-14(31)32/h2*3-9,13-14,16-17,19,21-22H,2,10-12H2,1H3,(H,28,37)(H,34,35)(H2,27,29,30,32,36);3-7,10-11,13,16-17,20-21H,2,8-9H2,1H3,(H,25,34)(H,31,32)(H2,24,26,27,29,33)/b2*9-8+;/t2*16?,17?,19-,21?,22?;13?,16?,17?,20?,21-/m000/s1. The van der Waals surface area contributed by atoms with E-state index in [2.05, 4.69) is 97.4 Å². The lowest BCUT2D eigenvalue weighted by Crippen LogP contribution is -2.39. The second-order valence-corrected chi connectivity index (χ2v) is 27.0. The van der Waals surface area contributed by atoms with E-state index in [0.29, 0.717) is 66.0 Å². The van der Waals surface area contributed by atoms with Crippen LogP contribution in [0.15, 0.2) is 141 Å². The van der Waals surface area contributed by atoms with Gasteiger partial charge in [0.15, 0.2) is 89.3 Å². The van der Waals surface area contributed by atoms with Crippen LogP contribution in [0.5, 0.6) is 0 Å². The summed E-state index contributed by atoms with van der Waals surface area (Å²) < 4.78 is 63.9. The maximum Gasteiger partial charge on any atom is 0.407 e. The summed E-state index contributed by atoms with van der Waals surface area (Å²) in [6, 6.07) is 27.0. The Morgan fingerprint density at radius 3 is 1.31 bits per heavy atom. The smallest absolute Gasteiger partial charge is 0.407 e. The summed E-state index contributed by atoms with van der Waals surface area (Å²) in [5, 5.41) is 49.6. The van der Waals surface area contributed by atoms with Gasteiger partial charge in [0.2, 0.25) is 0 Å². The molecule has 620 valence electrons. The van der Waals surface area contributed by atoms with Crippen molar-refractivity contribution in [3.63, 3.8) is 0 Å². The summed E-state index contributed by atoms with van der Waals surface area (Å²) in [7, 11) is 0. The van der Waals surface area contributed by atoms with Gasteiger partial charge in [0.1, 0.15) is 56.0 Å². The highest BCUT2D eigenvalue weighted by Crippen LogP contribution is 2.48. The fourth-order valence-electron chi connectivity index (χ4n) is 14.2. The van der Waals surface area contributed by atoms with E-state index in [-0.39, 0.29) is 67.2 Å². The van der Waals surface area contributed by atoms with Crippen molar-refractivity contribution in [1.29, 1.82) is 0 Å². The number of carbonyl (C=O) groups excluding carboxylic acids is 6. The monoisotopic (exact) mass is 1630 g/mol. The first-order valence-electron chi connectivity index (χ1n) is 37.4. The average Bonchev–Trinajstić information content (AvgIpc) is 1.60. The third-order valence-electron chi connectivity index (χ3n) is 19.2. The van der Waals surface area contributed by atoms with Crippen LogP contribution in [0.2, 0.25) is 0 Å². The quantitative estimate of drug-likeness (QED) is 0.0298. The largest absolute Gasteiger partial charge is 0.480 e. The molecule has 0 bridgehead atoms. The molecule has 12 unspecified atom stereocenters. The van der Waals surface area contributed by atoms with Gasteiger partial charge < -0.3 is 104 Å². The average molecular weight is 1630 g/mol. The van der Waals surface area contributed by atoms with Crippen molar-refractivity contribution in [3.05, 3.63) is 158 Å². The fourth-order valence-corrected chi connectivity index (χ4v) is 14.2. The third-order valence-corrected chi connectivity index (χ3v) is 19.2. The molecule has 9 amide bonds. The first kappa shape index (κ1) is 82.5. The van der Waals surface area contributed by atoms with Gasteiger partial charge in [-0.3, -0.25) is 25.3 Å². The molecule has 43 nitrogen and oxygen atoms in total. The highest BCUT2D eigenvalue weighted by atomic mass is 16.8. The predicted octanol–water partition coefficient (Wildman–Crippen LogP) is 5.48. The molecule has 6 aliphatic rings. The van der Waals surface area contributed by atoms with E-state index in [1.165, 1.54) is 25.3 Å². The van der Waals surface area contributed by atoms with Gasteiger partial charge in [-0.25, -0.2) is 83.2 Å². The zero-order chi connectivity index (χ0) is 82.8. The van der Waals surface area contributed by atoms with Gasteiger partial charge in [-0.1, -0.05) is 103 Å². The van der Waals surface area contributed by atoms with Crippen LogP contribution in [0.4, 0.5) is 46.2 Å². The van der Waals surface area contributed by atoms with Crippen molar-refractivity contribution in [2.45, 2.75) is 114 Å². The number of carbonyl (C=O) groups is 9. The van der Waals surface area contributed by atoms with E-state index >= 15 is 0 Å². The first-order chi connectivity index (χ1) is 57.3. The zero-order valence-electron chi connectivity index (χ0n) is 63.3.